The first-order chi connectivity index (χ1) is 16.0. The van der Waals surface area contributed by atoms with E-state index < -0.39 is 41.2 Å². The van der Waals surface area contributed by atoms with Crippen LogP contribution in [0.5, 0.6) is 0 Å². The van der Waals surface area contributed by atoms with Gasteiger partial charge in [-0.2, -0.15) is 0 Å². The minimum atomic E-state index is -1.94. The number of benzene rings is 2. The van der Waals surface area contributed by atoms with Gasteiger partial charge in [-0.05, 0) is 50.4 Å². The molecule has 34 heavy (non-hydrogen) atoms. The van der Waals surface area contributed by atoms with Crippen LogP contribution in [-0.2, 0) is 36.3 Å². The Morgan fingerprint density at radius 3 is 1.74 bits per heavy atom. The Morgan fingerprint density at radius 2 is 1.26 bits per heavy atom. The SMILES string of the molecule is C[Si](C)(C)OC[C@@H](O[Si](C)(C)C)[C@@H]1O[C@@H](O)[C@H](OCc2ccccc2)[C@H]1OCc1ccccc1. The predicted octanol–water partition coefficient (Wildman–Crippen LogP) is 4.95. The van der Waals surface area contributed by atoms with Crippen molar-refractivity contribution in [2.45, 2.75) is 83.2 Å². The molecule has 1 aliphatic rings. The number of ether oxygens (including phenoxy) is 3. The van der Waals surface area contributed by atoms with Gasteiger partial charge in [0.1, 0.15) is 18.3 Å². The number of rotatable bonds is 12. The topological polar surface area (TPSA) is 66.4 Å². The van der Waals surface area contributed by atoms with Crippen LogP contribution in [0.25, 0.3) is 0 Å². The summed E-state index contributed by atoms with van der Waals surface area (Å²) in [4.78, 5) is 0. The van der Waals surface area contributed by atoms with Crippen molar-refractivity contribution in [2.75, 3.05) is 6.61 Å². The molecular weight excluding hydrogens is 464 g/mol. The van der Waals surface area contributed by atoms with Crippen LogP contribution in [0.3, 0.4) is 0 Å². The molecule has 2 aromatic rings. The van der Waals surface area contributed by atoms with Gasteiger partial charge in [0, 0.05) is 0 Å². The molecule has 0 bridgehead atoms. The quantitative estimate of drug-likeness (QED) is 0.413. The van der Waals surface area contributed by atoms with Gasteiger partial charge in [0.2, 0.25) is 0 Å². The van der Waals surface area contributed by atoms with E-state index in [-0.39, 0.29) is 6.10 Å². The molecule has 3 rings (SSSR count). The lowest BCUT2D eigenvalue weighted by Gasteiger charge is -2.34. The normalized spacial score (nSPS) is 24.3. The summed E-state index contributed by atoms with van der Waals surface area (Å²) in [7, 11) is -3.73. The summed E-state index contributed by atoms with van der Waals surface area (Å²) in [5.41, 5.74) is 2.07. The molecule has 0 unspecified atom stereocenters. The second-order valence-electron chi connectivity index (χ2n) is 10.7. The van der Waals surface area contributed by atoms with E-state index in [1.165, 1.54) is 0 Å². The van der Waals surface area contributed by atoms with E-state index >= 15 is 0 Å². The summed E-state index contributed by atoms with van der Waals surface area (Å²) in [6.45, 7) is 14.0. The molecule has 0 aliphatic carbocycles. The molecule has 1 saturated heterocycles. The predicted molar refractivity (Wildman–Crippen MR) is 138 cm³/mol. The molecule has 1 heterocycles. The number of aliphatic hydroxyl groups is 1. The Bertz CT molecular complexity index is 853. The second-order valence-corrected chi connectivity index (χ2v) is 19.7. The van der Waals surface area contributed by atoms with Gasteiger partial charge < -0.3 is 28.2 Å². The van der Waals surface area contributed by atoms with E-state index in [9.17, 15) is 5.11 Å². The first-order valence-electron chi connectivity index (χ1n) is 12.0. The maximum atomic E-state index is 10.9. The third-order valence-electron chi connectivity index (χ3n) is 5.35. The van der Waals surface area contributed by atoms with Gasteiger partial charge in [-0.1, -0.05) is 60.7 Å². The standard InChI is InChI=1S/C26H40O6Si2/c1-33(2,3)30-19-22(32-34(4,5)6)23-24(28-17-20-13-9-7-10-14-20)25(26(27)31-23)29-18-21-15-11-8-12-16-21/h7-16,22-27H,17-19H2,1-6H3/t22-,23+,24+,25-,26-/m1/s1. The molecule has 0 amide bonds. The smallest absolute Gasteiger partial charge is 0.184 e. The zero-order valence-electron chi connectivity index (χ0n) is 21.3. The lowest BCUT2D eigenvalue weighted by molar-refractivity contribution is -0.158. The Balaban J connectivity index is 1.81. The van der Waals surface area contributed by atoms with E-state index in [1.807, 2.05) is 60.7 Å². The van der Waals surface area contributed by atoms with Crippen LogP contribution in [0.15, 0.2) is 60.7 Å². The lowest BCUT2D eigenvalue weighted by atomic mass is 10.1. The van der Waals surface area contributed by atoms with Crippen molar-refractivity contribution in [1.82, 2.24) is 0 Å². The third kappa shape index (κ3) is 8.69. The highest BCUT2D eigenvalue weighted by Gasteiger charge is 2.50. The minimum Gasteiger partial charge on any atom is -0.415 e. The average Bonchev–Trinajstić information content (AvgIpc) is 3.09. The molecule has 5 atom stereocenters. The second kappa shape index (κ2) is 12.1. The highest BCUT2D eigenvalue weighted by molar-refractivity contribution is 6.70. The molecule has 2 aromatic carbocycles. The molecule has 8 heteroatoms. The number of aliphatic hydroxyl groups excluding tert-OH is 1. The fraction of sp³-hybridized carbons (Fsp3) is 0.538. The molecule has 0 aromatic heterocycles. The monoisotopic (exact) mass is 504 g/mol. The lowest BCUT2D eigenvalue weighted by Crippen LogP contribution is -2.49. The molecule has 1 fully saturated rings. The van der Waals surface area contributed by atoms with E-state index in [4.69, 9.17) is 23.1 Å². The van der Waals surface area contributed by atoms with Crippen molar-refractivity contribution >= 4 is 16.6 Å². The number of hydrogen-bond donors (Lipinski definition) is 1. The summed E-state index contributed by atoms with van der Waals surface area (Å²) in [6, 6.07) is 19.9. The third-order valence-corrected chi connectivity index (χ3v) is 7.39. The van der Waals surface area contributed by atoms with Crippen LogP contribution in [-0.4, -0.2) is 59.1 Å². The summed E-state index contributed by atoms with van der Waals surface area (Å²) in [5.74, 6) is 0. The Hall–Kier alpha value is -1.37. The summed E-state index contributed by atoms with van der Waals surface area (Å²) in [6.07, 6.45) is -3.14. The van der Waals surface area contributed by atoms with Gasteiger partial charge in [-0.3, -0.25) is 0 Å². The summed E-state index contributed by atoms with van der Waals surface area (Å²) >= 11 is 0. The Labute approximate surface area is 206 Å². The molecule has 0 saturated carbocycles. The molecular formula is C26H40O6Si2. The summed E-state index contributed by atoms with van der Waals surface area (Å²) < 4.78 is 31.4. The van der Waals surface area contributed by atoms with Gasteiger partial charge >= 0.3 is 0 Å². The van der Waals surface area contributed by atoms with Gasteiger partial charge in [0.25, 0.3) is 0 Å². The maximum absolute atomic E-state index is 10.9. The zero-order chi connectivity index (χ0) is 24.8. The zero-order valence-corrected chi connectivity index (χ0v) is 23.3. The average molecular weight is 505 g/mol. The highest BCUT2D eigenvalue weighted by Crippen LogP contribution is 2.32. The Morgan fingerprint density at radius 1 is 0.765 bits per heavy atom. The fourth-order valence-corrected chi connectivity index (χ4v) is 5.62. The Kier molecular flexibility index (Phi) is 9.65. The molecule has 0 spiro atoms. The van der Waals surface area contributed by atoms with Crippen molar-refractivity contribution in [2.24, 2.45) is 0 Å². The van der Waals surface area contributed by atoms with Gasteiger partial charge in [-0.25, -0.2) is 0 Å². The highest BCUT2D eigenvalue weighted by atomic mass is 28.4. The van der Waals surface area contributed by atoms with Crippen molar-refractivity contribution < 1.29 is 28.2 Å². The molecule has 0 radical (unpaired) electrons. The molecule has 188 valence electrons. The minimum absolute atomic E-state index is 0.356. The van der Waals surface area contributed by atoms with Crippen molar-refractivity contribution in [3.63, 3.8) is 0 Å². The van der Waals surface area contributed by atoms with Crippen molar-refractivity contribution in [3.05, 3.63) is 71.8 Å². The first-order valence-corrected chi connectivity index (χ1v) is 18.8. The van der Waals surface area contributed by atoms with Crippen LogP contribution in [0, 0.1) is 0 Å². The van der Waals surface area contributed by atoms with Crippen molar-refractivity contribution in [1.29, 1.82) is 0 Å². The van der Waals surface area contributed by atoms with E-state index in [0.29, 0.717) is 19.8 Å². The van der Waals surface area contributed by atoms with Crippen LogP contribution in [0.4, 0.5) is 0 Å². The summed E-state index contributed by atoms with van der Waals surface area (Å²) in [5, 5.41) is 10.9. The maximum Gasteiger partial charge on any atom is 0.184 e. The van der Waals surface area contributed by atoms with E-state index in [0.717, 1.165) is 11.1 Å². The largest absolute Gasteiger partial charge is 0.415 e. The molecule has 6 nitrogen and oxygen atoms in total. The van der Waals surface area contributed by atoms with Gasteiger partial charge in [0.05, 0.1) is 25.9 Å². The molecule has 1 aliphatic heterocycles. The van der Waals surface area contributed by atoms with Crippen LogP contribution < -0.4 is 0 Å². The van der Waals surface area contributed by atoms with E-state index in [1.54, 1.807) is 0 Å². The first kappa shape index (κ1) is 27.2. The van der Waals surface area contributed by atoms with Crippen molar-refractivity contribution in [3.8, 4) is 0 Å². The fourth-order valence-electron chi connectivity index (χ4n) is 3.85. The van der Waals surface area contributed by atoms with Crippen LogP contribution in [0.1, 0.15) is 11.1 Å². The van der Waals surface area contributed by atoms with Gasteiger partial charge in [0.15, 0.2) is 22.9 Å². The molecule has 1 N–H and O–H groups in total. The van der Waals surface area contributed by atoms with Gasteiger partial charge in [-0.15, -0.1) is 0 Å². The van der Waals surface area contributed by atoms with Crippen LogP contribution in [0.2, 0.25) is 39.3 Å². The van der Waals surface area contributed by atoms with E-state index in [2.05, 4.69) is 39.3 Å². The van der Waals surface area contributed by atoms with Crippen LogP contribution >= 0.6 is 0 Å². The number of hydrogen-bond acceptors (Lipinski definition) is 6.